The van der Waals surface area contributed by atoms with Crippen LogP contribution >= 0.6 is 11.3 Å². The number of hydrogen-bond acceptors (Lipinski definition) is 2. The highest BCUT2D eigenvalue weighted by molar-refractivity contribution is 7.13. The van der Waals surface area contributed by atoms with Gasteiger partial charge in [0.25, 0.3) is 0 Å². The molecular formula is C10H14F2OS. The van der Waals surface area contributed by atoms with E-state index in [1.807, 2.05) is 19.9 Å². The predicted molar refractivity (Wildman–Crippen MR) is 56.3 cm³/mol. The van der Waals surface area contributed by atoms with E-state index in [1.165, 1.54) is 11.3 Å². The van der Waals surface area contributed by atoms with E-state index in [1.54, 1.807) is 6.07 Å². The van der Waals surface area contributed by atoms with Crippen molar-refractivity contribution in [2.24, 2.45) is 0 Å². The first-order valence-corrected chi connectivity index (χ1v) is 4.96. The number of rotatable bonds is 3. The Bertz CT molecular complexity index is 258. The van der Waals surface area contributed by atoms with Crippen molar-refractivity contribution in [2.75, 3.05) is 0 Å². The zero-order chi connectivity index (χ0) is 11.1. The van der Waals surface area contributed by atoms with Crippen LogP contribution in [0.5, 0.6) is 5.06 Å². The summed E-state index contributed by atoms with van der Waals surface area (Å²) in [6.45, 7) is 7.30. The molecule has 0 aliphatic rings. The quantitative estimate of drug-likeness (QED) is 0.691. The standard InChI is InChI=1S/C8H10F2OS.C2H4/c1-5(2)6-3-4-7(12-6)11-8(9)10;1-2/h3-5,8H,1-2H3;1-2H2. The molecule has 1 rings (SSSR count). The van der Waals surface area contributed by atoms with Crippen molar-refractivity contribution in [2.45, 2.75) is 26.4 Å². The zero-order valence-corrected chi connectivity index (χ0v) is 9.11. The maximum absolute atomic E-state index is 11.7. The molecule has 4 heteroatoms. The molecule has 0 aliphatic carbocycles. The second-order valence-electron chi connectivity index (χ2n) is 2.69. The Morgan fingerprint density at radius 2 is 1.86 bits per heavy atom. The maximum atomic E-state index is 11.7. The van der Waals surface area contributed by atoms with Crippen LogP contribution in [0.2, 0.25) is 0 Å². The molecule has 1 nitrogen and oxygen atoms in total. The van der Waals surface area contributed by atoms with E-state index in [2.05, 4.69) is 17.9 Å². The van der Waals surface area contributed by atoms with Crippen LogP contribution in [0.3, 0.4) is 0 Å². The fraction of sp³-hybridized carbons (Fsp3) is 0.400. The lowest BCUT2D eigenvalue weighted by molar-refractivity contribution is -0.0471. The lowest BCUT2D eigenvalue weighted by Gasteiger charge is -2.00. The number of halogens is 2. The van der Waals surface area contributed by atoms with Crippen LogP contribution < -0.4 is 4.74 Å². The van der Waals surface area contributed by atoms with Crippen LogP contribution in [-0.2, 0) is 0 Å². The molecule has 0 radical (unpaired) electrons. The Morgan fingerprint density at radius 3 is 2.21 bits per heavy atom. The van der Waals surface area contributed by atoms with Gasteiger partial charge in [-0.3, -0.25) is 0 Å². The molecule has 14 heavy (non-hydrogen) atoms. The fourth-order valence-electron chi connectivity index (χ4n) is 0.796. The topological polar surface area (TPSA) is 9.23 Å². The van der Waals surface area contributed by atoms with Gasteiger partial charge < -0.3 is 4.74 Å². The highest BCUT2D eigenvalue weighted by atomic mass is 32.1. The van der Waals surface area contributed by atoms with Gasteiger partial charge >= 0.3 is 6.61 Å². The molecule has 0 aromatic carbocycles. The predicted octanol–water partition coefficient (Wildman–Crippen LogP) is 4.28. The van der Waals surface area contributed by atoms with Crippen molar-refractivity contribution in [3.8, 4) is 5.06 Å². The van der Waals surface area contributed by atoms with Crippen LogP contribution in [0.1, 0.15) is 24.6 Å². The molecule has 0 fully saturated rings. The highest BCUT2D eigenvalue weighted by Crippen LogP contribution is 2.30. The zero-order valence-electron chi connectivity index (χ0n) is 8.30. The van der Waals surface area contributed by atoms with Gasteiger partial charge in [-0.2, -0.15) is 8.78 Å². The van der Waals surface area contributed by atoms with E-state index >= 15 is 0 Å². The summed E-state index contributed by atoms with van der Waals surface area (Å²) in [6, 6.07) is 3.39. The molecule has 1 aromatic rings. The van der Waals surface area contributed by atoms with Gasteiger partial charge in [-0.25, -0.2) is 0 Å². The summed E-state index contributed by atoms with van der Waals surface area (Å²) in [7, 11) is 0. The number of hydrogen-bond donors (Lipinski definition) is 0. The molecule has 0 saturated heterocycles. The molecule has 0 saturated carbocycles. The molecule has 80 valence electrons. The van der Waals surface area contributed by atoms with Gasteiger partial charge in [0.2, 0.25) is 0 Å². The van der Waals surface area contributed by atoms with Crippen LogP contribution in [0.25, 0.3) is 0 Å². The molecule has 0 amide bonds. The largest absolute Gasteiger partial charge is 0.425 e. The molecule has 0 unspecified atom stereocenters. The molecule has 0 atom stereocenters. The van der Waals surface area contributed by atoms with Gasteiger partial charge in [-0.1, -0.05) is 13.8 Å². The first-order valence-electron chi connectivity index (χ1n) is 4.14. The minimum atomic E-state index is -2.72. The van der Waals surface area contributed by atoms with Gasteiger partial charge in [0.05, 0.1) is 0 Å². The van der Waals surface area contributed by atoms with Crippen LogP contribution in [0.15, 0.2) is 25.3 Å². The molecule has 0 bridgehead atoms. The maximum Gasteiger partial charge on any atom is 0.388 e. The monoisotopic (exact) mass is 220 g/mol. The highest BCUT2D eigenvalue weighted by Gasteiger charge is 2.08. The summed E-state index contributed by atoms with van der Waals surface area (Å²) in [4.78, 5) is 1.06. The third-order valence-electron chi connectivity index (χ3n) is 1.38. The molecule has 1 heterocycles. The second-order valence-corrected chi connectivity index (χ2v) is 3.77. The smallest absolute Gasteiger partial charge is 0.388 e. The van der Waals surface area contributed by atoms with Gasteiger partial charge in [0, 0.05) is 4.88 Å². The first kappa shape index (κ1) is 13.1. The summed E-state index contributed by atoms with van der Waals surface area (Å²) in [5.74, 6) is 0.366. The van der Waals surface area contributed by atoms with Gasteiger partial charge in [0.15, 0.2) is 5.06 Å². The molecule has 1 aromatic heterocycles. The molecule has 0 N–H and O–H groups in total. The first-order chi connectivity index (χ1) is 6.59. The van der Waals surface area contributed by atoms with Crippen molar-refractivity contribution in [3.05, 3.63) is 30.2 Å². The second kappa shape index (κ2) is 6.54. The van der Waals surface area contributed by atoms with E-state index in [0.29, 0.717) is 5.92 Å². The Balaban J connectivity index is 0.000000791. The average Bonchev–Trinajstić information content (AvgIpc) is 2.55. The summed E-state index contributed by atoms with van der Waals surface area (Å²) in [5.41, 5.74) is 0. The normalized spacial score (nSPS) is 9.86. The third kappa shape index (κ3) is 4.37. The van der Waals surface area contributed by atoms with Gasteiger partial charge in [0.1, 0.15) is 0 Å². The summed E-state index contributed by atoms with van der Waals surface area (Å²) < 4.78 is 27.7. The van der Waals surface area contributed by atoms with E-state index < -0.39 is 6.61 Å². The van der Waals surface area contributed by atoms with E-state index in [-0.39, 0.29) is 5.06 Å². The van der Waals surface area contributed by atoms with Crippen molar-refractivity contribution >= 4 is 11.3 Å². The molecule has 0 aliphatic heterocycles. The Kier molecular flexibility index (Phi) is 6.12. The SMILES string of the molecule is C=C.CC(C)c1ccc(OC(F)F)s1. The van der Waals surface area contributed by atoms with E-state index in [9.17, 15) is 8.78 Å². The van der Waals surface area contributed by atoms with Crippen molar-refractivity contribution in [1.82, 2.24) is 0 Å². The summed E-state index contributed by atoms with van der Waals surface area (Å²) >= 11 is 1.27. The average molecular weight is 220 g/mol. The van der Waals surface area contributed by atoms with Gasteiger partial charge in [-0.05, 0) is 18.1 Å². The Morgan fingerprint density at radius 1 is 1.29 bits per heavy atom. The summed E-state index contributed by atoms with van der Waals surface area (Å²) in [6.07, 6.45) is 0. The summed E-state index contributed by atoms with van der Waals surface area (Å²) in [5, 5.41) is 0.286. The molecule has 0 spiro atoms. The Labute approximate surface area is 87.0 Å². The number of thiophene rings is 1. The number of ether oxygens (including phenoxy) is 1. The lowest BCUT2D eigenvalue weighted by atomic mass is 10.2. The van der Waals surface area contributed by atoms with E-state index in [4.69, 9.17) is 0 Å². The minimum Gasteiger partial charge on any atom is -0.425 e. The minimum absolute atomic E-state index is 0.286. The van der Waals surface area contributed by atoms with Crippen molar-refractivity contribution in [1.29, 1.82) is 0 Å². The Hall–Kier alpha value is -0.900. The fourth-order valence-corrected chi connectivity index (χ4v) is 1.66. The molecular weight excluding hydrogens is 206 g/mol. The van der Waals surface area contributed by atoms with Crippen LogP contribution in [0, 0.1) is 0 Å². The number of alkyl halides is 2. The van der Waals surface area contributed by atoms with Crippen molar-refractivity contribution in [3.63, 3.8) is 0 Å². The van der Waals surface area contributed by atoms with Crippen LogP contribution in [-0.4, -0.2) is 6.61 Å². The van der Waals surface area contributed by atoms with E-state index in [0.717, 1.165) is 4.88 Å². The lowest BCUT2D eigenvalue weighted by Crippen LogP contribution is -1.99. The van der Waals surface area contributed by atoms with Crippen molar-refractivity contribution < 1.29 is 13.5 Å². The van der Waals surface area contributed by atoms with Crippen LogP contribution in [0.4, 0.5) is 8.78 Å². The third-order valence-corrected chi connectivity index (χ3v) is 2.65. The van der Waals surface area contributed by atoms with Gasteiger partial charge in [-0.15, -0.1) is 24.5 Å².